The molecule has 0 saturated carbocycles. The van der Waals surface area contributed by atoms with Gasteiger partial charge in [0.1, 0.15) is 35.9 Å². The maximum Gasteiger partial charge on any atom is 0.229 e. The third-order valence-electron chi connectivity index (χ3n) is 6.52. The first-order chi connectivity index (χ1) is 15.2. The van der Waals surface area contributed by atoms with Crippen LogP contribution in [0.2, 0.25) is 0 Å². The van der Waals surface area contributed by atoms with Gasteiger partial charge >= 0.3 is 0 Å². The van der Waals surface area contributed by atoms with Crippen LogP contribution in [0.15, 0.2) is 35.9 Å². The van der Waals surface area contributed by atoms with E-state index < -0.39 is 37.3 Å². The van der Waals surface area contributed by atoms with Gasteiger partial charge in [0.15, 0.2) is 0 Å². The maximum atomic E-state index is 11.1. The van der Waals surface area contributed by atoms with Crippen LogP contribution in [0.1, 0.15) is 57.1 Å². The molecule has 1 aliphatic carbocycles. The van der Waals surface area contributed by atoms with Crippen molar-refractivity contribution in [3.63, 3.8) is 0 Å². The van der Waals surface area contributed by atoms with Gasteiger partial charge in [-0.1, -0.05) is 37.1 Å². The number of allylic oxidation sites excluding steroid dienone is 3. The zero-order valence-corrected chi connectivity index (χ0v) is 19.1. The van der Waals surface area contributed by atoms with E-state index in [0.29, 0.717) is 11.3 Å². The highest BCUT2D eigenvalue weighted by atomic mass is 16.7. The van der Waals surface area contributed by atoms with Crippen molar-refractivity contribution >= 4 is 0 Å². The summed E-state index contributed by atoms with van der Waals surface area (Å²) in [6.07, 6.45) is -1.36. The molecule has 0 bridgehead atoms. The van der Waals surface area contributed by atoms with Gasteiger partial charge in [0.05, 0.1) is 6.61 Å². The van der Waals surface area contributed by atoms with Crippen LogP contribution in [0.25, 0.3) is 0 Å². The second-order valence-electron chi connectivity index (χ2n) is 9.12. The lowest BCUT2D eigenvalue weighted by molar-refractivity contribution is -0.277. The van der Waals surface area contributed by atoms with Crippen LogP contribution < -0.4 is 4.74 Å². The molecule has 1 heterocycles. The molecule has 0 unspecified atom stereocenters. The number of phenolic OH excluding ortho intramolecular Hbond substituents is 1. The van der Waals surface area contributed by atoms with Crippen LogP contribution in [0.4, 0.5) is 0 Å². The van der Waals surface area contributed by atoms with Gasteiger partial charge in [-0.05, 0) is 56.7 Å². The second-order valence-corrected chi connectivity index (χ2v) is 9.12. The summed E-state index contributed by atoms with van der Waals surface area (Å²) in [5, 5.41) is 51.3. The molecule has 2 aliphatic rings. The van der Waals surface area contributed by atoms with E-state index in [2.05, 4.69) is 19.6 Å². The van der Waals surface area contributed by atoms with Gasteiger partial charge in [-0.2, -0.15) is 0 Å². The number of phenols is 1. The first-order valence-electron chi connectivity index (χ1n) is 11.3. The molecule has 3 rings (SSSR count). The molecule has 1 aliphatic heterocycles. The van der Waals surface area contributed by atoms with Crippen LogP contribution in [-0.4, -0.2) is 62.8 Å². The fraction of sp³-hybridized carbons (Fsp3) is 0.600. The number of rotatable bonds is 7. The molecule has 1 fully saturated rings. The van der Waals surface area contributed by atoms with Gasteiger partial charge in [-0.25, -0.2) is 0 Å². The minimum Gasteiger partial charge on any atom is -0.507 e. The molecule has 1 aromatic carbocycles. The molecule has 32 heavy (non-hydrogen) atoms. The third-order valence-corrected chi connectivity index (χ3v) is 6.52. The average molecular weight is 449 g/mol. The van der Waals surface area contributed by atoms with Crippen molar-refractivity contribution in [3.05, 3.63) is 47.1 Å². The molecule has 0 radical (unpaired) electrons. The Morgan fingerprint density at radius 3 is 2.53 bits per heavy atom. The molecule has 7 nitrogen and oxygen atoms in total. The second kappa shape index (κ2) is 10.4. The molecular formula is C25H36O7. The Morgan fingerprint density at radius 2 is 1.91 bits per heavy atom. The summed E-state index contributed by atoms with van der Waals surface area (Å²) >= 11 is 0. The third kappa shape index (κ3) is 5.02. The summed E-state index contributed by atoms with van der Waals surface area (Å²) in [6, 6.07) is 3.57. The Kier molecular flexibility index (Phi) is 8.01. The van der Waals surface area contributed by atoms with E-state index in [-0.39, 0.29) is 17.6 Å². The maximum absolute atomic E-state index is 11.1. The Hall–Kier alpha value is -1.90. The van der Waals surface area contributed by atoms with E-state index in [1.807, 2.05) is 19.9 Å². The molecular weight excluding hydrogens is 412 g/mol. The standard InChI is InChI=1S/C25H36O7/c1-5-6-15-10-18(27)21(17-9-14(4)7-8-16(17)13(2)3)19(11-15)31-25-24(30)23(29)22(28)20(12-26)32-25/h9-11,16-17,20,22-30H,2,5-8,12H2,1,3-4H3/t16-,17+,20+,22+,23-,24+,25+/m0/s1. The number of aryl methyl sites for hydroxylation is 1. The molecule has 7 atom stereocenters. The van der Waals surface area contributed by atoms with Crippen LogP contribution in [0, 0.1) is 5.92 Å². The van der Waals surface area contributed by atoms with E-state index >= 15 is 0 Å². The number of ether oxygens (including phenoxy) is 2. The zero-order valence-electron chi connectivity index (χ0n) is 19.1. The number of hydrogen-bond acceptors (Lipinski definition) is 7. The van der Waals surface area contributed by atoms with Gasteiger partial charge in [-0.15, -0.1) is 0 Å². The monoisotopic (exact) mass is 448 g/mol. The lowest BCUT2D eigenvalue weighted by Gasteiger charge is -2.40. The highest BCUT2D eigenvalue weighted by Crippen LogP contribution is 2.47. The summed E-state index contributed by atoms with van der Waals surface area (Å²) in [5.41, 5.74) is 3.67. The van der Waals surface area contributed by atoms with Gasteiger partial charge < -0.3 is 35.0 Å². The van der Waals surface area contributed by atoms with Crippen molar-refractivity contribution in [2.75, 3.05) is 6.61 Å². The number of aliphatic hydroxyl groups excluding tert-OH is 4. The summed E-state index contributed by atoms with van der Waals surface area (Å²) < 4.78 is 11.6. The fourth-order valence-corrected chi connectivity index (χ4v) is 4.73. The number of benzene rings is 1. The molecule has 5 N–H and O–H groups in total. The number of hydrogen-bond donors (Lipinski definition) is 5. The van der Waals surface area contributed by atoms with Crippen LogP contribution in [0.3, 0.4) is 0 Å². The summed E-state index contributed by atoms with van der Waals surface area (Å²) in [7, 11) is 0. The van der Waals surface area contributed by atoms with E-state index in [1.165, 1.54) is 5.57 Å². The highest BCUT2D eigenvalue weighted by molar-refractivity contribution is 5.52. The largest absolute Gasteiger partial charge is 0.507 e. The van der Waals surface area contributed by atoms with Gasteiger partial charge in [0, 0.05) is 11.5 Å². The van der Waals surface area contributed by atoms with Crippen molar-refractivity contribution in [1.29, 1.82) is 0 Å². The van der Waals surface area contributed by atoms with Crippen molar-refractivity contribution in [2.45, 2.75) is 83.1 Å². The fourth-order valence-electron chi connectivity index (χ4n) is 4.73. The van der Waals surface area contributed by atoms with E-state index in [9.17, 15) is 25.5 Å². The van der Waals surface area contributed by atoms with Crippen LogP contribution in [-0.2, 0) is 11.2 Å². The summed E-state index contributed by atoms with van der Waals surface area (Å²) in [6.45, 7) is 9.68. The van der Waals surface area contributed by atoms with Gasteiger partial charge in [0.2, 0.25) is 6.29 Å². The molecule has 0 amide bonds. The predicted octanol–water partition coefficient (Wildman–Crippen LogP) is 2.54. The minimum absolute atomic E-state index is 0.0951. The SMILES string of the molecule is C=C(C)[C@@H]1CCC(C)=C[C@H]1c1c(O)cc(CCC)cc1O[C@@H]1O[C@H](CO)[C@@H](O)[C@H](O)[C@H]1O. The lowest BCUT2D eigenvalue weighted by atomic mass is 9.73. The van der Waals surface area contributed by atoms with E-state index in [4.69, 9.17) is 9.47 Å². The highest BCUT2D eigenvalue weighted by Gasteiger charge is 2.45. The quantitative estimate of drug-likeness (QED) is 0.407. The number of aromatic hydroxyl groups is 1. The van der Waals surface area contributed by atoms with Crippen LogP contribution >= 0.6 is 0 Å². The Bertz CT molecular complexity index is 847. The Labute approximate surface area is 189 Å². The zero-order chi connectivity index (χ0) is 23.6. The molecule has 7 heteroatoms. The van der Waals surface area contributed by atoms with Crippen molar-refractivity contribution < 1.29 is 35.0 Å². The summed E-state index contributed by atoms with van der Waals surface area (Å²) in [4.78, 5) is 0. The molecule has 178 valence electrons. The van der Waals surface area contributed by atoms with Gasteiger partial charge in [-0.3, -0.25) is 0 Å². The van der Waals surface area contributed by atoms with Crippen molar-refractivity contribution in [2.24, 2.45) is 5.92 Å². The van der Waals surface area contributed by atoms with E-state index in [1.54, 1.807) is 6.07 Å². The molecule has 1 saturated heterocycles. The summed E-state index contributed by atoms with van der Waals surface area (Å²) in [5.74, 6) is 0.383. The normalized spacial score (nSPS) is 33.0. The average Bonchev–Trinajstić information content (AvgIpc) is 2.74. The Balaban J connectivity index is 2.05. The molecule has 1 aromatic rings. The predicted molar refractivity (Wildman–Crippen MR) is 121 cm³/mol. The molecule has 0 spiro atoms. The van der Waals surface area contributed by atoms with Crippen molar-refractivity contribution in [3.8, 4) is 11.5 Å². The Morgan fingerprint density at radius 1 is 1.19 bits per heavy atom. The van der Waals surface area contributed by atoms with E-state index in [0.717, 1.165) is 36.8 Å². The van der Waals surface area contributed by atoms with Gasteiger partial charge in [0.25, 0.3) is 0 Å². The smallest absolute Gasteiger partial charge is 0.229 e. The first-order valence-corrected chi connectivity index (χ1v) is 11.3. The lowest BCUT2D eigenvalue weighted by Crippen LogP contribution is -2.60. The number of aliphatic hydroxyl groups is 4. The van der Waals surface area contributed by atoms with Crippen molar-refractivity contribution in [1.82, 2.24) is 0 Å². The minimum atomic E-state index is -1.54. The molecule has 0 aromatic heterocycles. The van der Waals surface area contributed by atoms with Crippen LogP contribution in [0.5, 0.6) is 11.5 Å². The topological polar surface area (TPSA) is 120 Å². The first kappa shape index (κ1) is 24.7.